The van der Waals surface area contributed by atoms with Crippen molar-refractivity contribution in [3.05, 3.63) is 0 Å². The van der Waals surface area contributed by atoms with Gasteiger partial charge >= 0.3 is 0 Å². The van der Waals surface area contributed by atoms with E-state index in [2.05, 4.69) is 27.6 Å². The molecule has 3 radical (unpaired) electrons. The first-order chi connectivity index (χ1) is 1.41. The normalized spacial score (nSPS) is 3.60. The molecule has 0 amide bonds. The van der Waals surface area contributed by atoms with Gasteiger partial charge in [-0.15, -0.1) is 0 Å². The van der Waals surface area contributed by atoms with Crippen LogP contribution in [0.25, 0.3) is 0 Å². The Bertz CT molecular complexity index is 9.61. The van der Waals surface area contributed by atoms with Gasteiger partial charge in [0.2, 0.25) is 0 Å². The van der Waals surface area contributed by atoms with E-state index in [1.54, 1.807) is 0 Å². The van der Waals surface area contributed by atoms with Crippen LogP contribution in [0.15, 0.2) is 0 Å². The van der Waals surface area contributed by atoms with E-state index in [9.17, 15) is 0 Å². The average molecular weight is 130 g/mol. The van der Waals surface area contributed by atoms with Crippen LogP contribution < -0.4 is 0 Å². The molecule has 0 saturated carbocycles. The SMILES string of the molecule is ClOCl.[B].[SiH4]. The van der Waals surface area contributed by atoms with Crippen molar-refractivity contribution in [1.29, 1.82) is 0 Å². The number of hydrogen-bond donors (Lipinski definition) is 0. The van der Waals surface area contributed by atoms with Crippen molar-refractivity contribution in [3.63, 3.8) is 0 Å². The van der Waals surface area contributed by atoms with Gasteiger partial charge in [0.05, 0.1) is 23.7 Å². The number of halogens is 2. The molecule has 0 saturated heterocycles. The highest BCUT2D eigenvalue weighted by atomic mass is 35.6. The molecule has 5 heavy (non-hydrogen) atoms. The molecule has 0 aliphatic carbocycles. The van der Waals surface area contributed by atoms with Crippen LogP contribution in [-0.4, -0.2) is 19.4 Å². The van der Waals surface area contributed by atoms with Crippen molar-refractivity contribution < 1.29 is 3.84 Å². The van der Waals surface area contributed by atoms with Crippen LogP contribution in [0.3, 0.4) is 0 Å². The maximum absolute atomic E-state index is 4.26. The summed E-state index contributed by atoms with van der Waals surface area (Å²) in [5, 5.41) is 0. The topological polar surface area (TPSA) is 9.23 Å². The minimum atomic E-state index is 0. The summed E-state index contributed by atoms with van der Waals surface area (Å²) < 4.78 is 3.19. The number of hydrogen-bond acceptors (Lipinski definition) is 1. The molecule has 0 N–H and O–H groups in total. The zero-order chi connectivity index (χ0) is 2.71. The first-order valence-corrected chi connectivity index (χ1v) is 0.926. The highest BCUT2D eigenvalue weighted by molar-refractivity contribution is 6.24. The Hall–Kier alpha value is 0.822. The quantitative estimate of drug-likeness (QED) is 0.400. The molecule has 0 spiro atoms. The number of rotatable bonds is 0. The smallest absolute Gasteiger partial charge is 0.0832 e. The fourth-order valence-corrected chi connectivity index (χ4v) is 0. The highest BCUT2D eigenvalue weighted by Crippen LogP contribution is 1.78. The molecule has 5 heteroatoms. The zero-order valence-electron chi connectivity index (χ0n) is 1.74. The third-order valence-electron chi connectivity index (χ3n) is 0. The molecule has 0 aromatic heterocycles. The molecule has 0 aromatic carbocycles. The Balaban J connectivity index is -0.0000000200. The average Bonchev–Trinajstić information content (AvgIpc) is 0.918. The van der Waals surface area contributed by atoms with Crippen molar-refractivity contribution >= 4 is 43.1 Å². The van der Waals surface area contributed by atoms with E-state index in [-0.39, 0.29) is 19.4 Å². The van der Waals surface area contributed by atoms with E-state index in [1.807, 2.05) is 0 Å². The summed E-state index contributed by atoms with van der Waals surface area (Å²) in [5.74, 6) is 0. The standard InChI is InChI=1S/B.Cl2O.H4Si/c;1-3-2;/h;;1H4. The summed E-state index contributed by atoms with van der Waals surface area (Å²) >= 11 is 8.53. The Kier molecular flexibility index (Phi) is 72.1. The Labute approximate surface area is 47.5 Å². The van der Waals surface area contributed by atoms with E-state index in [0.717, 1.165) is 0 Å². The lowest BCUT2D eigenvalue weighted by atomic mass is 10.8. The molecule has 0 heterocycles. The molecular weight excluding hydrogens is 126 g/mol. The molecule has 0 aromatic rings. The second-order valence-electron chi connectivity index (χ2n) is 0.0583. The maximum Gasteiger partial charge on any atom is 0.0832 e. The van der Waals surface area contributed by atoms with Gasteiger partial charge < -0.3 is 0 Å². The second-order valence-corrected chi connectivity index (χ2v) is 0.525. The highest BCUT2D eigenvalue weighted by Gasteiger charge is 1.38. The van der Waals surface area contributed by atoms with Crippen molar-refractivity contribution in [2.24, 2.45) is 0 Å². The van der Waals surface area contributed by atoms with Crippen molar-refractivity contribution in [1.82, 2.24) is 0 Å². The maximum atomic E-state index is 4.26. The van der Waals surface area contributed by atoms with E-state index < -0.39 is 0 Å². The van der Waals surface area contributed by atoms with Gasteiger partial charge in [-0.2, -0.15) is 3.84 Å². The lowest BCUT2D eigenvalue weighted by Crippen LogP contribution is -1.15. The fraction of sp³-hybridized carbons (Fsp3) is 0. The van der Waals surface area contributed by atoms with E-state index >= 15 is 0 Å². The van der Waals surface area contributed by atoms with Crippen molar-refractivity contribution in [2.45, 2.75) is 0 Å². The lowest BCUT2D eigenvalue weighted by molar-refractivity contribution is 0.697. The minimum absolute atomic E-state index is 0. The molecule has 0 bridgehead atoms. The summed E-state index contributed by atoms with van der Waals surface area (Å²) in [6, 6.07) is 0. The molecular formula is H4BCl2OSi. The van der Waals surface area contributed by atoms with Gasteiger partial charge in [0.1, 0.15) is 0 Å². The van der Waals surface area contributed by atoms with E-state index in [0.29, 0.717) is 0 Å². The van der Waals surface area contributed by atoms with Gasteiger partial charge in [0, 0.05) is 8.41 Å². The monoisotopic (exact) mass is 129 g/mol. The predicted molar refractivity (Wildman–Crippen MR) is 29.9 cm³/mol. The third kappa shape index (κ3) is 56.8. The van der Waals surface area contributed by atoms with E-state index in [4.69, 9.17) is 0 Å². The van der Waals surface area contributed by atoms with Crippen molar-refractivity contribution in [2.75, 3.05) is 0 Å². The van der Waals surface area contributed by atoms with Gasteiger partial charge in [0.15, 0.2) is 0 Å². The summed E-state index contributed by atoms with van der Waals surface area (Å²) in [6.45, 7) is 0. The fourth-order valence-electron chi connectivity index (χ4n) is 0. The van der Waals surface area contributed by atoms with Crippen molar-refractivity contribution in [3.8, 4) is 0 Å². The van der Waals surface area contributed by atoms with Crippen LogP contribution in [0.4, 0.5) is 0 Å². The van der Waals surface area contributed by atoms with Crippen LogP contribution in [-0.2, 0) is 3.84 Å². The summed E-state index contributed by atoms with van der Waals surface area (Å²) in [4.78, 5) is 0. The van der Waals surface area contributed by atoms with Gasteiger partial charge in [-0.25, -0.2) is 0 Å². The Morgan fingerprint density at radius 2 is 1.20 bits per heavy atom. The van der Waals surface area contributed by atoms with Crippen LogP contribution in [0, 0.1) is 0 Å². The second kappa shape index (κ2) is 21.2. The molecule has 0 rings (SSSR count). The summed E-state index contributed by atoms with van der Waals surface area (Å²) in [5.41, 5.74) is 0. The van der Waals surface area contributed by atoms with Crippen LogP contribution >= 0.6 is 23.7 Å². The van der Waals surface area contributed by atoms with Gasteiger partial charge in [-0.1, -0.05) is 0 Å². The molecule has 0 fully saturated rings. The largest absolute Gasteiger partial charge is 0.166 e. The van der Waals surface area contributed by atoms with Gasteiger partial charge in [0.25, 0.3) is 0 Å². The first-order valence-electron chi connectivity index (χ1n) is 0.309. The Morgan fingerprint density at radius 3 is 1.20 bits per heavy atom. The zero-order valence-corrected chi connectivity index (χ0v) is 3.25. The van der Waals surface area contributed by atoms with Crippen LogP contribution in [0.2, 0.25) is 0 Å². The van der Waals surface area contributed by atoms with Gasteiger partial charge in [-0.3, -0.25) is 0 Å². The first kappa shape index (κ1) is 17.0. The minimum Gasteiger partial charge on any atom is -0.166 e. The van der Waals surface area contributed by atoms with Crippen LogP contribution in [0.1, 0.15) is 0 Å². The molecule has 0 aliphatic rings. The lowest BCUT2D eigenvalue weighted by Gasteiger charge is -1.46. The van der Waals surface area contributed by atoms with Gasteiger partial charge in [-0.05, 0) is 11.0 Å². The molecule has 0 aliphatic heterocycles. The van der Waals surface area contributed by atoms with E-state index in [1.165, 1.54) is 0 Å². The summed E-state index contributed by atoms with van der Waals surface area (Å²) in [7, 11) is 0. The molecule has 0 unspecified atom stereocenters. The summed E-state index contributed by atoms with van der Waals surface area (Å²) in [6.07, 6.45) is 0. The predicted octanol–water partition coefficient (Wildman–Crippen LogP) is -0.522. The van der Waals surface area contributed by atoms with Crippen LogP contribution in [0.5, 0.6) is 0 Å². The molecule has 31 valence electrons. The Morgan fingerprint density at radius 1 is 1.20 bits per heavy atom. The third-order valence-corrected chi connectivity index (χ3v) is 0. The molecule has 0 atom stereocenters. The molecule has 1 nitrogen and oxygen atoms in total.